The van der Waals surface area contributed by atoms with Gasteiger partial charge in [0.05, 0.1) is 32.4 Å². The molecule has 6 heteroatoms. The fraction of sp³-hybridized carbons (Fsp3) is 0.200. The van der Waals surface area contributed by atoms with E-state index in [0.29, 0.717) is 6.04 Å². The summed E-state index contributed by atoms with van der Waals surface area (Å²) in [5, 5.41) is 5.48. The molecule has 6 rings (SSSR count). The molecule has 1 aliphatic heterocycles. The van der Waals surface area contributed by atoms with Gasteiger partial charge in [-0.15, -0.1) is 0 Å². The molecule has 1 N–H and O–H groups in total. The number of rotatable bonds is 5. The van der Waals surface area contributed by atoms with E-state index < -0.39 is 0 Å². The van der Waals surface area contributed by atoms with E-state index in [9.17, 15) is 0 Å². The van der Waals surface area contributed by atoms with Crippen molar-refractivity contribution in [3.63, 3.8) is 0 Å². The lowest BCUT2D eigenvalue weighted by molar-refractivity contribution is -0.926. The van der Waals surface area contributed by atoms with Crippen molar-refractivity contribution in [2.45, 2.75) is 13.0 Å². The molecule has 0 spiro atoms. The maximum atomic E-state index is 6.11. The van der Waals surface area contributed by atoms with Crippen molar-refractivity contribution in [2.75, 3.05) is 31.1 Å². The molecular formula is C30H29ClN5+. The predicted octanol–water partition coefficient (Wildman–Crippen LogP) is 4.85. The third-order valence-corrected chi connectivity index (χ3v) is 7.39. The molecule has 2 aromatic heterocycles. The highest BCUT2D eigenvalue weighted by atomic mass is 35.5. The van der Waals surface area contributed by atoms with Crippen LogP contribution in [0.15, 0.2) is 97.2 Å². The molecule has 180 valence electrons. The first-order valence-electron chi connectivity index (χ1n) is 12.5. The average Bonchev–Trinajstić information content (AvgIpc) is 3.34. The summed E-state index contributed by atoms with van der Waals surface area (Å²) in [4.78, 5) is 8.89. The van der Waals surface area contributed by atoms with Crippen molar-refractivity contribution < 1.29 is 4.90 Å². The molecule has 0 atom stereocenters. The molecule has 0 amide bonds. The summed E-state index contributed by atoms with van der Waals surface area (Å²) in [6.07, 6.45) is 1.91. The summed E-state index contributed by atoms with van der Waals surface area (Å²) in [6.45, 7) is 6.07. The van der Waals surface area contributed by atoms with Gasteiger partial charge in [-0.1, -0.05) is 84.4 Å². The molecule has 5 aromatic rings. The quantitative estimate of drug-likeness (QED) is 0.379. The van der Waals surface area contributed by atoms with Gasteiger partial charge >= 0.3 is 0 Å². The lowest BCUT2D eigenvalue weighted by Gasteiger charge is -2.38. The fourth-order valence-corrected chi connectivity index (χ4v) is 5.52. The van der Waals surface area contributed by atoms with E-state index in [1.54, 1.807) is 4.90 Å². The molecule has 36 heavy (non-hydrogen) atoms. The second-order valence-corrected chi connectivity index (χ2v) is 9.89. The summed E-state index contributed by atoms with van der Waals surface area (Å²) in [7, 11) is 0. The van der Waals surface area contributed by atoms with Gasteiger partial charge in [0, 0.05) is 33.5 Å². The topological polar surface area (TPSA) is 37.9 Å². The van der Waals surface area contributed by atoms with Gasteiger partial charge in [0.25, 0.3) is 0 Å². The second-order valence-electron chi connectivity index (χ2n) is 9.46. The van der Waals surface area contributed by atoms with Gasteiger partial charge in [-0.2, -0.15) is 9.61 Å². The Balaban J connectivity index is 1.29. The molecule has 0 unspecified atom stereocenters. The number of benzene rings is 3. The second kappa shape index (κ2) is 9.76. The number of fused-ring (bicyclic) bond motifs is 1. The summed E-state index contributed by atoms with van der Waals surface area (Å²) in [6, 6.07) is 32.2. The Hall–Kier alpha value is -3.67. The van der Waals surface area contributed by atoms with E-state index in [1.165, 1.54) is 11.1 Å². The van der Waals surface area contributed by atoms with Crippen LogP contribution in [0.25, 0.3) is 16.8 Å². The molecular weight excluding hydrogens is 466 g/mol. The molecule has 0 aliphatic carbocycles. The standard InChI is InChI=1S/C30H28ClN5/c1-22-20-28(36-30(33-22)27(21-32-36)23-12-14-26(31)15-13-23)34-16-18-35(19-17-34)29(24-8-4-2-5-9-24)25-10-6-3-7-11-25/h2-15,20-21,29H,16-19H2,1H3/p+1. The number of anilines is 1. The SMILES string of the molecule is Cc1cc(N2CC[NH+](C(c3ccccc3)c3ccccc3)CC2)n2ncc(-c3ccc(Cl)cc3)c2n1. The monoisotopic (exact) mass is 494 g/mol. The van der Waals surface area contributed by atoms with Crippen molar-refractivity contribution in [2.24, 2.45) is 0 Å². The lowest BCUT2D eigenvalue weighted by Crippen LogP contribution is -3.15. The minimum atomic E-state index is 0.329. The van der Waals surface area contributed by atoms with Gasteiger partial charge in [0.2, 0.25) is 0 Å². The van der Waals surface area contributed by atoms with Crippen LogP contribution >= 0.6 is 11.6 Å². The predicted molar refractivity (Wildman–Crippen MR) is 146 cm³/mol. The van der Waals surface area contributed by atoms with Crippen LogP contribution < -0.4 is 9.80 Å². The van der Waals surface area contributed by atoms with Crippen molar-refractivity contribution in [1.29, 1.82) is 0 Å². The van der Waals surface area contributed by atoms with Crippen LogP contribution in [-0.4, -0.2) is 40.8 Å². The van der Waals surface area contributed by atoms with Gasteiger partial charge in [0.1, 0.15) is 11.9 Å². The Kier molecular flexibility index (Phi) is 6.18. The summed E-state index contributed by atoms with van der Waals surface area (Å²) >= 11 is 6.11. The summed E-state index contributed by atoms with van der Waals surface area (Å²) in [5.41, 5.74) is 6.71. The molecule has 0 radical (unpaired) electrons. The Morgan fingerprint density at radius 3 is 2.06 bits per heavy atom. The summed E-state index contributed by atoms with van der Waals surface area (Å²) < 4.78 is 1.99. The van der Waals surface area contributed by atoms with Gasteiger partial charge < -0.3 is 9.80 Å². The largest absolute Gasteiger partial charge is 0.345 e. The zero-order chi connectivity index (χ0) is 24.5. The van der Waals surface area contributed by atoms with Crippen molar-refractivity contribution in [1.82, 2.24) is 14.6 Å². The zero-order valence-electron chi connectivity index (χ0n) is 20.3. The van der Waals surface area contributed by atoms with E-state index in [1.807, 2.05) is 35.0 Å². The van der Waals surface area contributed by atoms with E-state index in [-0.39, 0.29) is 0 Å². The zero-order valence-corrected chi connectivity index (χ0v) is 21.1. The molecule has 3 heterocycles. The van der Waals surface area contributed by atoms with Gasteiger partial charge in [-0.25, -0.2) is 4.98 Å². The highest BCUT2D eigenvalue weighted by Gasteiger charge is 2.31. The number of halogens is 1. The maximum Gasteiger partial charge on any atom is 0.165 e. The van der Waals surface area contributed by atoms with Gasteiger partial charge in [0.15, 0.2) is 5.65 Å². The third-order valence-electron chi connectivity index (χ3n) is 7.14. The molecule has 0 saturated carbocycles. The number of nitrogens with one attached hydrogen (secondary N) is 1. The molecule has 1 fully saturated rings. The van der Waals surface area contributed by atoms with Crippen LogP contribution in [0.5, 0.6) is 0 Å². The Bertz CT molecular complexity index is 1420. The van der Waals surface area contributed by atoms with Gasteiger partial charge in [-0.05, 0) is 24.6 Å². The molecule has 1 saturated heterocycles. The first-order valence-corrected chi connectivity index (χ1v) is 12.9. The normalized spacial score (nSPS) is 14.6. The maximum absolute atomic E-state index is 6.11. The van der Waals surface area contributed by atoms with E-state index in [2.05, 4.69) is 78.6 Å². The molecule has 3 aromatic carbocycles. The van der Waals surface area contributed by atoms with Crippen molar-refractivity contribution in [3.05, 3.63) is 119 Å². The lowest BCUT2D eigenvalue weighted by atomic mass is 9.96. The fourth-order valence-electron chi connectivity index (χ4n) is 5.39. The smallest absolute Gasteiger partial charge is 0.165 e. The van der Waals surface area contributed by atoms with Crippen LogP contribution in [0, 0.1) is 6.92 Å². The van der Waals surface area contributed by atoms with E-state index in [0.717, 1.165) is 59.5 Å². The van der Waals surface area contributed by atoms with Crippen molar-refractivity contribution in [3.8, 4) is 11.1 Å². The third kappa shape index (κ3) is 4.36. The number of aromatic nitrogens is 3. The number of piperazine rings is 1. The van der Waals surface area contributed by atoms with Crippen molar-refractivity contribution >= 4 is 23.1 Å². The first kappa shape index (κ1) is 22.8. The molecule has 5 nitrogen and oxygen atoms in total. The average molecular weight is 495 g/mol. The minimum absolute atomic E-state index is 0.329. The Morgan fingerprint density at radius 2 is 1.44 bits per heavy atom. The minimum Gasteiger partial charge on any atom is -0.345 e. The molecule has 1 aliphatic rings. The van der Waals surface area contributed by atoms with Crippen LogP contribution in [0.2, 0.25) is 5.02 Å². The Morgan fingerprint density at radius 1 is 0.833 bits per heavy atom. The van der Waals surface area contributed by atoms with E-state index in [4.69, 9.17) is 21.7 Å². The number of aryl methyl sites for hydroxylation is 1. The number of quaternary nitrogens is 1. The highest BCUT2D eigenvalue weighted by molar-refractivity contribution is 6.30. The van der Waals surface area contributed by atoms with Crippen LogP contribution in [0.3, 0.4) is 0 Å². The van der Waals surface area contributed by atoms with Crippen LogP contribution in [0.1, 0.15) is 22.9 Å². The number of hydrogen-bond acceptors (Lipinski definition) is 3. The Labute approximate surface area is 216 Å². The van der Waals surface area contributed by atoms with Gasteiger partial charge in [-0.3, -0.25) is 0 Å². The number of hydrogen-bond donors (Lipinski definition) is 1. The highest BCUT2D eigenvalue weighted by Crippen LogP contribution is 2.28. The van der Waals surface area contributed by atoms with Crippen LogP contribution in [0.4, 0.5) is 5.82 Å². The van der Waals surface area contributed by atoms with E-state index >= 15 is 0 Å². The van der Waals surface area contributed by atoms with Crippen LogP contribution in [-0.2, 0) is 0 Å². The first-order chi connectivity index (χ1) is 17.7. The summed E-state index contributed by atoms with van der Waals surface area (Å²) in [5.74, 6) is 1.10. The number of nitrogens with zero attached hydrogens (tertiary/aromatic N) is 4. The molecule has 0 bridgehead atoms.